The third-order valence-corrected chi connectivity index (χ3v) is 5.27. The second kappa shape index (κ2) is 6.13. The Hall–Kier alpha value is -1.59. The van der Waals surface area contributed by atoms with Crippen molar-refractivity contribution in [2.24, 2.45) is 0 Å². The molecule has 0 aliphatic carbocycles. The van der Waals surface area contributed by atoms with E-state index in [2.05, 4.69) is 73.1 Å². The Kier molecular flexibility index (Phi) is 3.99. The Morgan fingerprint density at radius 2 is 2.09 bits per heavy atom. The lowest BCUT2D eigenvalue weighted by molar-refractivity contribution is 0.337. The van der Waals surface area contributed by atoms with E-state index in [-0.39, 0.29) is 0 Å². The van der Waals surface area contributed by atoms with Gasteiger partial charge in [-0.15, -0.1) is 0 Å². The van der Waals surface area contributed by atoms with Gasteiger partial charge < -0.3 is 10.2 Å². The van der Waals surface area contributed by atoms with E-state index in [1.807, 2.05) is 6.20 Å². The first kappa shape index (κ1) is 15.0. The second-order valence-corrected chi connectivity index (χ2v) is 7.20. The van der Waals surface area contributed by atoms with Crippen molar-refractivity contribution < 1.29 is 0 Å². The molecule has 23 heavy (non-hydrogen) atoms. The van der Waals surface area contributed by atoms with Crippen LogP contribution in [0, 0.1) is 0 Å². The number of allylic oxidation sites excluding steroid dienone is 1. The molecule has 0 amide bonds. The molecule has 0 saturated carbocycles. The first-order valence-electron chi connectivity index (χ1n) is 8.23. The highest BCUT2D eigenvalue weighted by Crippen LogP contribution is 2.34. The largest absolute Gasteiger partial charge is 0.366 e. The minimum Gasteiger partial charge on any atom is -0.366 e. The number of nitrogens with zero attached hydrogens (tertiary/aromatic N) is 3. The van der Waals surface area contributed by atoms with Gasteiger partial charge in [0.15, 0.2) is 5.82 Å². The summed E-state index contributed by atoms with van der Waals surface area (Å²) in [6, 6.07) is 6.56. The standard InChI is InChI=1S/C18H21BrN4/c1-13-2-4-17(22-9-6-20-7-10-22)18-21-8-11-23(18)16-5-3-14(19)12-15(13)16/h3-5,8,11-13,20H,2,6-7,9-10H2,1H3. The molecule has 1 aromatic carbocycles. The number of nitrogens with one attached hydrogen (secondary N) is 1. The first-order valence-corrected chi connectivity index (χ1v) is 9.02. The zero-order chi connectivity index (χ0) is 15.8. The van der Waals surface area contributed by atoms with Crippen LogP contribution in [0.5, 0.6) is 0 Å². The molecule has 1 fully saturated rings. The number of rotatable bonds is 1. The van der Waals surface area contributed by atoms with Gasteiger partial charge in [0, 0.05) is 43.0 Å². The maximum atomic E-state index is 4.68. The Labute approximate surface area is 145 Å². The molecule has 5 heteroatoms. The molecule has 1 aromatic heterocycles. The van der Waals surface area contributed by atoms with Gasteiger partial charge in [-0.1, -0.05) is 28.9 Å². The third kappa shape index (κ3) is 2.72. The van der Waals surface area contributed by atoms with Crippen LogP contribution in [0.2, 0.25) is 0 Å². The lowest BCUT2D eigenvalue weighted by Crippen LogP contribution is -2.42. The van der Waals surface area contributed by atoms with Gasteiger partial charge >= 0.3 is 0 Å². The number of benzene rings is 1. The van der Waals surface area contributed by atoms with Crippen LogP contribution in [0.1, 0.15) is 30.7 Å². The van der Waals surface area contributed by atoms with E-state index in [0.717, 1.165) is 42.9 Å². The summed E-state index contributed by atoms with van der Waals surface area (Å²) in [5.41, 5.74) is 3.89. The van der Waals surface area contributed by atoms with Crippen molar-refractivity contribution in [3.05, 3.63) is 52.5 Å². The minimum atomic E-state index is 0.482. The van der Waals surface area contributed by atoms with Crippen molar-refractivity contribution in [1.29, 1.82) is 0 Å². The van der Waals surface area contributed by atoms with E-state index in [0.29, 0.717) is 5.92 Å². The lowest BCUT2D eigenvalue weighted by atomic mass is 9.94. The van der Waals surface area contributed by atoms with E-state index in [1.54, 1.807) is 0 Å². The summed E-state index contributed by atoms with van der Waals surface area (Å²) in [4.78, 5) is 7.15. The van der Waals surface area contributed by atoms with Crippen molar-refractivity contribution in [1.82, 2.24) is 19.8 Å². The van der Waals surface area contributed by atoms with Crippen LogP contribution in [-0.4, -0.2) is 40.6 Å². The number of hydrogen-bond acceptors (Lipinski definition) is 3. The third-order valence-electron chi connectivity index (χ3n) is 4.77. The SMILES string of the molecule is CC1CC=C(N2CCNCC2)c2nccn2-c2ccc(Br)cc21. The summed E-state index contributed by atoms with van der Waals surface area (Å²) in [5, 5.41) is 3.43. The molecule has 1 N–H and O–H groups in total. The highest BCUT2D eigenvalue weighted by molar-refractivity contribution is 9.10. The van der Waals surface area contributed by atoms with Crippen molar-refractivity contribution in [3.8, 4) is 5.69 Å². The zero-order valence-corrected chi connectivity index (χ0v) is 14.9. The number of fused-ring (bicyclic) bond motifs is 3. The van der Waals surface area contributed by atoms with Gasteiger partial charge in [-0.25, -0.2) is 4.98 Å². The quantitative estimate of drug-likeness (QED) is 0.832. The van der Waals surface area contributed by atoms with Crippen LogP contribution < -0.4 is 5.32 Å². The molecule has 120 valence electrons. The molecule has 1 unspecified atom stereocenters. The molecule has 0 radical (unpaired) electrons. The van der Waals surface area contributed by atoms with Crippen molar-refractivity contribution in [2.45, 2.75) is 19.3 Å². The van der Waals surface area contributed by atoms with Gasteiger partial charge in [0.1, 0.15) is 0 Å². The maximum absolute atomic E-state index is 4.68. The van der Waals surface area contributed by atoms with Crippen LogP contribution in [0.15, 0.2) is 41.1 Å². The monoisotopic (exact) mass is 372 g/mol. The minimum absolute atomic E-state index is 0.482. The number of hydrogen-bond donors (Lipinski definition) is 1. The van der Waals surface area contributed by atoms with Crippen LogP contribution in [-0.2, 0) is 0 Å². The summed E-state index contributed by atoms with van der Waals surface area (Å²) < 4.78 is 3.38. The van der Waals surface area contributed by atoms with E-state index in [1.165, 1.54) is 16.9 Å². The Morgan fingerprint density at radius 3 is 2.91 bits per heavy atom. The fourth-order valence-corrected chi connectivity index (χ4v) is 3.89. The van der Waals surface area contributed by atoms with Crippen LogP contribution in [0.25, 0.3) is 11.4 Å². The number of piperazine rings is 1. The van der Waals surface area contributed by atoms with Gasteiger partial charge in [-0.2, -0.15) is 0 Å². The molecule has 0 bridgehead atoms. The molecule has 2 aliphatic rings. The normalized spacial score (nSPS) is 21.0. The van der Waals surface area contributed by atoms with Gasteiger partial charge in [0.05, 0.1) is 11.4 Å². The van der Waals surface area contributed by atoms with E-state index in [9.17, 15) is 0 Å². The summed E-state index contributed by atoms with van der Waals surface area (Å²) in [5.74, 6) is 1.54. The van der Waals surface area contributed by atoms with E-state index in [4.69, 9.17) is 0 Å². The predicted octanol–water partition coefficient (Wildman–Crippen LogP) is 3.39. The molecule has 0 spiro atoms. The van der Waals surface area contributed by atoms with Gasteiger partial charge in [0.25, 0.3) is 0 Å². The summed E-state index contributed by atoms with van der Waals surface area (Å²) in [6.07, 6.45) is 7.40. The Bertz CT molecular complexity index is 743. The smallest absolute Gasteiger partial charge is 0.160 e. The number of imidazole rings is 1. The zero-order valence-electron chi connectivity index (χ0n) is 13.3. The summed E-state index contributed by atoms with van der Waals surface area (Å²) in [7, 11) is 0. The van der Waals surface area contributed by atoms with Gasteiger partial charge in [0.2, 0.25) is 0 Å². The summed E-state index contributed by atoms with van der Waals surface area (Å²) in [6.45, 7) is 6.47. The average Bonchev–Trinajstić information content (AvgIpc) is 3.03. The van der Waals surface area contributed by atoms with E-state index >= 15 is 0 Å². The molecule has 2 aliphatic heterocycles. The van der Waals surface area contributed by atoms with Gasteiger partial charge in [-0.3, -0.25) is 4.57 Å². The summed E-state index contributed by atoms with van der Waals surface area (Å²) >= 11 is 3.61. The average molecular weight is 373 g/mol. The maximum Gasteiger partial charge on any atom is 0.160 e. The second-order valence-electron chi connectivity index (χ2n) is 6.29. The fourth-order valence-electron chi connectivity index (χ4n) is 3.51. The van der Waals surface area contributed by atoms with Crippen LogP contribution in [0.4, 0.5) is 0 Å². The predicted molar refractivity (Wildman–Crippen MR) is 96.7 cm³/mol. The molecule has 4 rings (SSSR count). The van der Waals surface area contributed by atoms with Crippen molar-refractivity contribution in [3.63, 3.8) is 0 Å². The molecule has 1 atom stereocenters. The molecular formula is C18H21BrN4. The van der Waals surface area contributed by atoms with Crippen molar-refractivity contribution in [2.75, 3.05) is 26.2 Å². The Morgan fingerprint density at radius 1 is 1.26 bits per heavy atom. The number of aromatic nitrogens is 2. The number of halogens is 1. The van der Waals surface area contributed by atoms with E-state index < -0.39 is 0 Å². The first-order chi connectivity index (χ1) is 11.2. The highest BCUT2D eigenvalue weighted by atomic mass is 79.9. The van der Waals surface area contributed by atoms with Crippen LogP contribution >= 0.6 is 15.9 Å². The molecule has 1 saturated heterocycles. The fraction of sp³-hybridized carbons (Fsp3) is 0.389. The van der Waals surface area contributed by atoms with Gasteiger partial charge in [-0.05, 0) is 36.1 Å². The van der Waals surface area contributed by atoms with Crippen LogP contribution in [0.3, 0.4) is 0 Å². The topological polar surface area (TPSA) is 33.1 Å². The highest BCUT2D eigenvalue weighted by Gasteiger charge is 2.23. The molecule has 4 nitrogen and oxygen atoms in total. The Balaban J connectivity index is 1.84. The lowest BCUT2D eigenvalue weighted by Gasteiger charge is -2.33. The molecule has 2 aromatic rings. The van der Waals surface area contributed by atoms with Crippen molar-refractivity contribution >= 4 is 21.6 Å². The molecule has 3 heterocycles. The molecular weight excluding hydrogens is 352 g/mol.